The van der Waals surface area contributed by atoms with Gasteiger partial charge in [-0.15, -0.1) is 0 Å². The van der Waals surface area contributed by atoms with Crippen molar-refractivity contribution < 1.29 is 0 Å². The number of hydrogen-bond donors (Lipinski definition) is 1. The third kappa shape index (κ3) is 6.94. The highest BCUT2D eigenvalue weighted by Crippen LogP contribution is 2.26. The van der Waals surface area contributed by atoms with Crippen molar-refractivity contribution >= 4 is 11.3 Å². The highest BCUT2D eigenvalue weighted by atomic mass is 14.9. The van der Waals surface area contributed by atoms with E-state index in [4.69, 9.17) is 0 Å². The van der Waals surface area contributed by atoms with E-state index in [1.165, 1.54) is 27.8 Å². The minimum Gasteiger partial charge on any atom is -0.356 e. The monoisotopic (exact) mass is 385 g/mol. The molecule has 0 aliphatic heterocycles. The molecule has 0 bridgehead atoms. The molecule has 2 aromatic rings. The summed E-state index contributed by atoms with van der Waals surface area (Å²) in [7, 11) is 0. The van der Waals surface area contributed by atoms with Crippen LogP contribution < -0.4 is 5.32 Å². The molecule has 0 unspecified atom stereocenters. The molecule has 0 aromatic heterocycles. The zero-order valence-corrected chi connectivity index (χ0v) is 18.5. The van der Waals surface area contributed by atoms with Crippen LogP contribution in [-0.2, 0) is 12.8 Å². The van der Waals surface area contributed by atoms with Crippen LogP contribution in [-0.4, -0.2) is 0 Å². The first kappa shape index (κ1) is 22.5. The van der Waals surface area contributed by atoms with Crippen molar-refractivity contribution in [3.05, 3.63) is 107 Å². The zero-order valence-electron chi connectivity index (χ0n) is 18.5. The van der Waals surface area contributed by atoms with Crippen molar-refractivity contribution in [1.29, 1.82) is 0 Å². The molecular formula is C28H35N. The molecule has 0 atom stereocenters. The standard InChI is InChI=1S/C28H35N/c1-7-9-11-21(3)24(6)29-28-20-27(19-14-23(28)5)22(4)12-10-13-26-17-15-25(8-2)16-18-26/h7,9,11,14-20,29H,4,6,8,10,12-13H2,1-3,5H3/b9-7-,21-11+. The summed E-state index contributed by atoms with van der Waals surface area (Å²) >= 11 is 0. The lowest BCUT2D eigenvalue weighted by atomic mass is 9.97. The summed E-state index contributed by atoms with van der Waals surface area (Å²) in [6.07, 6.45) is 10.4. The van der Waals surface area contributed by atoms with E-state index in [1.54, 1.807) is 0 Å². The van der Waals surface area contributed by atoms with E-state index in [-0.39, 0.29) is 0 Å². The number of hydrogen-bond acceptors (Lipinski definition) is 1. The quantitative estimate of drug-likeness (QED) is 0.408. The lowest BCUT2D eigenvalue weighted by molar-refractivity contribution is 0.853. The third-order valence-electron chi connectivity index (χ3n) is 5.32. The molecule has 0 saturated heterocycles. The minimum atomic E-state index is 0.921. The van der Waals surface area contributed by atoms with E-state index >= 15 is 0 Å². The number of allylic oxidation sites excluding steroid dienone is 5. The number of benzene rings is 2. The summed E-state index contributed by atoms with van der Waals surface area (Å²) in [5.74, 6) is 0. The van der Waals surface area contributed by atoms with Gasteiger partial charge in [0.25, 0.3) is 0 Å². The third-order valence-corrected chi connectivity index (χ3v) is 5.32. The highest BCUT2D eigenvalue weighted by molar-refractivity contribution is 5.70. The molecule has 0 aliphatic carbocycles. The summed E-state index contributed by atoms with van der Waals surface area (Å²) in [4.78, 5) is 0. The minimum absolute atomic E-state index is 0.921. The molecule has 0 aliphatic rings. The number of rotatable bonds is 10. The Kier molecular flexibility index (Phi) is 8.73. The fraction of sp³-hybridized carbons (Fsp3) is 0.286. The molecule has 1 N–H and O–H groups in total. The molecule has 29 heavy (non-hydrogen) atoms. The normalized spacial score (nSPS) is 11.7. The van der Waals surface area contributed by atoms with Gasteiger partial charge >= 0.3 is 0 Å². The Morgan fingerprint density at radius 3 is 2.38 bits per heavy atom. The second kappa shape index (κ2) is 11.3. The molecular weight excluding hydrogens is 350 g/mol. The van der Waals surface area contributed by atoms with Crippen LogP contribution in [0.5, 0.6) is 0 Å². The van der Waals surface area contributed by atoms with Gasteiger partial charge in [0, 0.05) is 11.4 Å². The first-order valence-electron chi connectivity index (χ1n) is 10.6. The maximum atomic E-state index is 4.34. The Hall–Kier alpha value is -2.80. The van der Waals surface area contributed by atoms with Crippen molar-refractivity contribution in [3.8, 4) is 0 Å². The van der Waals surface area contributed by atoms with Gasteiger partial charge in [0.05, 0.1) is 0 Å². The van der Waals surface area contributed by atoms with Crippen molar-refractivity contribution in [2.75, 3.05) is 5.32 Å². The van der Waals surface area contributed by atoms with Crippen LogP contribution in [0.2, 0.25) is 0 Å². The summed E-state index contributed by atoms with van der Waals surface area (Å²) in [5, 5.41) is 3.47. The Balaban J connectivity index is 1.98. The van der Waals surface area contributed by atoms with Crippen molar-refractivity contribution in [1.82, 2.24) is 0 Å². The zero-order chi connectivity index (χ0) is 21.2. The van der Waals surface area contributed by atoms with Gasteiger partial charge in [-0.1, -0.05) is 74.7 Å². The topological polar surface area (TPSA) is 12.0 Å². The summed E-state index contributed by atoms with van der Waals surface area (Å²) in [6, 6.07) is 15.5. The lowest BCUT2D eigenvalue weighted by Crippen LogP contribution is -2.02. The summed E-state index contributed by atoms with van der Waals surface area (Å²) < 4.78 is 0. The second-order valence-electron chi connectivity index (χ2n) is 7.64. The maximum Gasteiger partial charge on any atom is 0.0419 e. The van der Waals surface area contributed by atoms with Crippen molar-refractivity contribution in [2.24, 2.45) is 0 Å². The van der Waals surface area contributed by atoms with Gasteiger partial charge < -0.3 is 5.32 Å². The fourth-order valence-corrected chi connectivity index (χ4v) is 3.17. The Labute approximate surface area is 177 Å². The molecule has 0 radical (unpaired) electrons. The van der Waals surface area contributed by atoms with E-state index in [0.29, 0.717) is 0 Å². The second-order valence-corrected chi connectivity index (χ2v) is 7.64. The van der Waals surface area contributed by atoms with Gasteiger partial charge in [-0.3, -0.25) is 0 Å². The van der Waals surface area contributed by atoms with E-state index in [2.05, 4.69) is 87.8 Å². The predicted molar refractivity (Wildman–Crippen MR) is 130 cm³/mol. The van der Waals surface area contributed by atoms with Crippen LogP contribution in [0, 0.1) is 6.92 Å². The van der Waals surface area contributed by atoms with Gasteiger partial charge in [0.15, 0.2) is 0 Å². The predicted octanol–water partition coefficient (Wildman–Crippen LogP) is 8.04. The van der Waals surface area contributed by atoms with Crippen LogP contribution in [0.15, 0.2) is 85.1 Å². The number of anilines is 1. The molecule has 152 valence electrons. The van der Waals surface area contributed by atoms with Crippen molar-refractivity contribution in [2.45, 2.75) is 53.4 Å². The van der Waals surface area contributed by atoms with Gasteiger partial charge in [-0.2, -0.15) is 0 Å². The van der Waals surface area contributed by atoms with Gasteiger partial charge in [0.1, 0.15) is 0 Å². The van der Waals surface area contributed by atoms with Crippen LogP contribution in [0.25, 0.3) is 5.57 Å². The van der Waals surface area contributed by atoms with Crippen LogP contribution in [0.4, 0.5) is 5.69 Å². The first-order chi connectivity index (χ1) is 13.9. The molecule has 1 nitrogen and oxygen atoms in total. The van der Waals surface area contributed by atoms with Crippen LogP contribution in [0.1, 0.15) is 55.9 Å². The van der Waals surface area contributed by atoms with Gasteiger partial charge in [-0.25, -0.2) is 0 Å². The number of aryl methyl sites for hydroxylation is 3. The highest BCUT2D eigenvalue weighted by Gasteiger charge is 2.06. The lowest BCUT2D eigenvalue weighted by Gasteiger charge is -2.15. The van der Waals surface area contributed by atoms with Gasteiger partial charge in [0.2, 0.25) is 0 Å². The summed E-state index contributed by atoms with van der Waals surface area (Å²) in [5.41, 5.74) is 9.53. The maximum absolute atomic E-state index is 4.34. The van der Waals surface area contributed by atoms with Crippen LogP contribution in [0.3, 0.4) is 0 Å². The molecule has 2 aromatic carbocycles. The summed E-state index contributed by atoms with van der Waals surface area (Å²) in [6.45, 7) is 16.9. The fourth-order valence-electron chi connectivity index (χ4n) is 3.17. The SMILES string of the molecule is C=C(Nc1cc(C(=C)CCCc2ccc(CC)cc2)ccc1C)/C(C)=C/C=C\C. The van der Waals surface area contributed by atoms with Crippen LogP contribution >= 0.6 is 0 Å². The van der Waals surface area contributed by atoms with E-state index in [1.807, 2.05) is 19.1 Å². The molecule has 0 fully saturated rings. The van der Waals surface area contributed by atoms with Gasteiger partial charge in [-0.05, 0) is 85.9 Å². The molecule has 0 heterocycles. The number of nitrogens with one attached hydrogen (secondary N) is 1. The van der Waals surface area contributed by atoms with Crippen molar-refractivity contribution in [3.63, 3.8) is 0 Å². The molecule has 0 amide bonds. The average molecular weight is 386 g/mol. The first-order valence-corrected chi connectivity index (χ1v) is 10.6. The largest absolute Gasteiger partial charge is 0.356 e. The van der Waals surface area contributed by atoms with E-state index in [9.17, 15) is 0 Å². The molecule has 0 spiro atoms. The molecule has 0 saturated carbocycles. The average Bonchev–Trinajstić information content (AvgIpc) is 2.73. The van der Waals surface area contributed by atoms with E-state index in [0.717, 1.165) is 42.6 Å². The Bertz CT molecular complexity index is 894. The molecule has 1 heteroatoms. The Morgan fingerprint density at radius 2 is 1.72 bits per heavy atom. The smallest absolute Gasteiger partial charge is 0.0419 e. The molecule has 2 rings (SSSR count). The Morgan fingerprint density at radius 1 is 1.03 bits per heavy atom. The van der Waals surface area contributed by atoms with E-state index < -0.39 is 0 Å².